The van der Waals surface area contributed by atoms with Gasteiger partial charge in [0, 0.05) is 0 Å². The molecule has 1 aromatic rings. The Morgan fingerprint density at radius 3 is 2.68 bits per heavy atom. The number of rotatable bonds is 7. The lowest BCUT2D eigenvalue weighted by molar-refractivity contribution is -0.140. The fourth-order valence-electron chi connectivity index (χ4n) is 2.56. The van der Waals surface area contributed by atoms with Crippen LogP contribution in [0.1, 0.15) is 20.3 Å². The van der Waals surface area contributed by atoms with Crippen LogP contribution in [-0.2, 0) is 9.59 Å². The molecule has 1 fully saturated rings. The van der Waals surface area contributed by atoms with E-state index in [0.29, 0.717) is 5.75 Å². The second kappa shape index (κ2) is 6.64. The lowest BCUT2D eigenvalue weighted by Crippen LogP contribution is -2.73. The van der Waals surface area contributed by atoms with Gasteiger partial charge in [0.2, 0.25) is 5.91 Å². The van der Waals surface area contributed by atoms with Crippen LogP contribution in [-0.4, -0.2) is 30.5 Å². The van der Waals surface area contributed by atoms with E-state index in [-0.39, 0.29) is 29.9 Å². The summed E-state index contributed by atoms with van der Waals surface area (Å²) in [5.74, 6) is 0.164. The first-order chi connectivity index (χ1) is 10.4. The van der Waals surface area contributed by atoms with Crippen molar-refractivity contribution in [1.29, 1.82) is 0 Å². The Morgan fingerprint density at radius 1 is 1.41 bits per heavy atom. The van der Waals surface area contributed by atoms with Gasteiger partial charge in [-0.25, -0.2) is 0 Å². The zero-order valence-corrected chi connectivity index (χ0v) is 13.0. The van der Waals surface area contributed by atoms with Gasteiger partial charge in [0.25, 0.3) is 5.91 Å². The normalized spacial score (nSPS) is 20.5. The summed E-state index contributed by atoms with van der Waals surface area (Å²) in [6, 6.07) is 8.48. The number of ether oxygens (including phenoxy) is 1. The van der Waals surface area contributed by atoms with Crippen molar-refractivity contribution in [2.24, 2.45) is 5.41 Å². The van der Waals surface area contributed by atoms with E-state index >= 15 is 0 Å². The highest BCUT2D eigenvalue weighted by Gasteiger charge is 2.48. The van der Waals surface area contributed by atoms with Crippen LogP contribution in [0, 0.1) is 5.41 Å². The van der Waals surface area contributed by atoms with Gasteiger partial charge in [-0.3, -0.25) is 9.59 Å². The molecule has 1 saturated heterocycles. The van der Waals surface area contributed by atoms with E-state index in [0.717, 1.165) is 6.42 Å². The highest BCUT2D eigenvalue weighted by molar-refractivity contribution is 5.94. The fraction of sp³-hybridized carbons (Fsp3) is 0.412. The third kappa shape index (κ3) is 3.67. The van der Waals surface area contributed by atoms with Crippen molar-refractivity contribution in [3.8, 4) is 5.75 Å². The van der Waals surface area contributed by atoms with E-state index in [1.54, 1.807) is 12.1 Å². The molecule has 5 heteroatoms. The third-order valence-corrected chi connectivity index (χ3v) is 3.86. The minimum absolute atomic E-state index is 0.0984. The highest BCUT2D eigenvalue weighted by atomic mass is 16.5. The molecule has 0 spiro atoms. The van der Waals surface area contributed by atoms with Crippen LogP contribution in [0.5, 0.6) is 5.75 Å². The zero-order valence-electron chi connectivity index (χ0n) is 13.0. The highest BCUT2D eigenvalue weighted by Crippen LogP contribution is 2.31. The predicted octanol–water partition coefficient (Wildman–Crippen LogP) is 1.65. The molecule has 0 radical (unpaired) electrons. The third-order valence-electron chi connectivity index (χ3n) is 3.86. The summed E-state index contributed by atoms with van der Waals surface area (Å²) in [6.07, 6.45) is 2.58. The zero-order chi connectivity index (χ0) is 16.2. The minimum Gasteiger partial charge on any atom is -0.484 e. The number of benzene rings is 1. The van der Waals surface area contributed by atoms with Gasteiger partial charge in [-0.05, 0) is 24.0 Å². The largest absolute Gasteiger partial charge is 0.484 e. The van der Waals surface area contributed by atoms with Gasteiger partial charge < -0.3 is 15.4 Å². The van der Waals surface area contributed by atoms with E-state index < -0.39 is 6.04 Å². The van der Waals surface area contributed by atoms with Crippen LogP contribution in [0.15, 0.2) is 43.0 Å². The number of amides is 2. The van der Waals surface area contributed by atoms with Gasteiger partial charge in [0.15, 0.2) is 6.61 Å². The molecule has 2 N–H and O–H groups in total. The molecule has 0 aliphatic carbocycles. The molecule has 1 aromatic carbocycles. The minimum atomic E-state index is -0.512. The maximum absolute atomic E-state index is 12.0. The molecule has 22 heavy (non-hydrogen) atoms. The number of nitrogens with one attached hydrogen (secondary N) is 2. The summed E-state index contributed by atoms with van der Waals surface area (Å²) in [7, 11) is 0. The molecule has 0 unspecified atom stereocenters. The second-order valence-electron chi connectivity index (χ2n) is 6.11. The first-order valence-electron chi connectivity index (χ1n) is 7.32. The van der Waals surface area contributed by atoms with Crippen molar-refractivity contribution in [3.63, 3.8) is 0 Å². The number of carbonyl (C=O) groups is 2. The van der Waals surface area contributed by atoms with Gasteiger partial charge >= 0.3 is 0 Å². The Bertz CT molecular complexity index is 554. The standard InChI is InChI=1S/C17H22N2O3/c1-4-10-17(2,3)15-14(16(21)19-15)18-13(20)11-22-12-8-6-5-7-9-12/h4-9,14-15H,1,10-11H2,2-3H3,(H,18,20)(H,19,21)/t14-,15-/m0/s1. The molecule has 2 rings (SSSR count). The Labute approximate surface area is 130 Å². The molecule has 5 nitrogen and oxygen atoms in total. The summed E-state index contributed by atoms with van der Waals surface area (Å²) >= 11 is 0. The average molecular weight is 302 g/mol. The molecule has 118 valence electrons. The molecule has 0 saturated carbocycles. The Balaban J connectivity index is 1.87. The van der Waals surface area contributed by atoms with Gasteiger partial charge in [-0.2, -0.15) is 0 Å². The lowest BCUT2D eigenvalue weighted by atomic mass is 9.73. The number of carbonyl (C=O) groups excluding carboxylic acids is 2. The Morgan fingerprint density at radius 2 is 2.09 bits per heavy atom. The van der Waals surface area contributed by atoms with Crippen LogP contribution in [0.2, 0.25) is 0 Å². The van der Waals surface area contributed by atoms with Crippen molar-refractivity contribution >= 4 is 11.8 Å². The number of β-lactam (4-membered cyclic amide) rings is 1. The first kappa shape index (κ1) is 16.1. The molecule has 0 bridgehead atoms. The quantitative estimate of drug-likeness (QED) is 0.594. The Kier molecular flexibility index (Phi) is 4.85. The first-order valence-corrected chi connectivity index (χ1v) is 7.32. The summed E-state index contributed by atoms with van der Waals surface area (Å²) in [4.78, 5) is 23.7. The second-order valence-corrected chi connectivity index (χ2v) is 6.11. The monoisotopic (exact) mass is 302 g/mol. The summed E-state index contributed by atoms with van der Waals surface area (Å²) in [5.41, 5.74) is -0.159. The van der Waals surface area contributed by atoms with Crippen LogP contribution in [0.3, 0.4) is 0 Å². The van der Waals surface area contributed by atoms with Crippen molar-refractivity contribution in [1.82, 2.24) is 10.6 Å². The van der Waals surface area contributed by atoms with Gasteiger partial charge in [-0.15, -0.1) is 6.58 Å². The van der Waals surface area contributed by atoms with Gasteiger partial charge in [-0.1, -0.05) is 38.1 Å². The SMILES string of the molecule is C=CCC(C)(C)[C@H]1NC(=O)[C@H]1NC(=O)COc1ccccc1. The smallest absolute Gasteiger partial charge is 0.258 e. The van der Waals surface area contributed by atoms with Gasteiger partial charge in [0.05, 0.1) is 6.04 Å². The molecule has 1 heterocycles. The van der Waals surface area contributed by atoms with E-state index in [1.165, 1.54) is 0 Å². The van der Waals surface area contributed by atoms with Crippen molar-refractivity contribution in [2.45, 2.75) is 32.4 Å². The van der Waals surface area contributed by atoms with Gasteiger partial charge in [0.1, 0.15) is 11.8 Å². The fourth-order valence-corrected chi connectivity index (χ4v) is 2.56. The van der Waals surface area contributed by atoms with E-state index in [9.17, 15) is 9.59 Å². The van der Waals surface area contributed by atoms with E-state index in [1.807, 2.05) is 38.1 Å². The van der Waals surface area contributed by atoms with E-state index in [4.69, 9.17) is 4.74 Å². The lowest BCUT2D eigenvalue weighted by Gasteiger charge is -2.46. The summed E-state index contributed by atoms with van der Waals surface area (Å²) in [5, 5.41) is 5.60. The van der Waals surface area contributed by atoms with Crippen LogP contribution in [0.4, 0.5) is 0 Å². The summed E-state index contributed by atoms with van der Waals surface area (Å²) in [6.45, 7) is 7.71. The molecule has 1 aliphatic rings. The molecule has 0 aromatic heterocycles. The average Bonchev–Trinajstić information content (AvgIpc) is 2.49. The predicted molar refractivity (Wildman–Crippen MR) is 84.4 cm³/mol. The van der Waals surface area contributed by atoms with Crippen LogP contribution >= 0.6 is 0 Å². The Hall–Kier alpha value is -2.30. The number of hydrogen-bond donors (Lipinski definition) is 2. The molecule has 2 amide bonds. The topological polar surface area (TPSA) is 67.4 Å². The molecular formula is C17H22N2O3. The number of hydrogen-bond acceptors (Lipinski definition) is 3. The van der Waals surface area contributed by atoms with Crippen LogP contribution in [0.25, 0.3) is 0 Å². The van der Waals surface area contributed by atoms with Crippen molar-refractivity contribution in [3.05, 3.63) is 43.0 Å². The van der Waals surface area contributed by atoms with Crippen molar-refractivity contribution in [2.75, 3.05) is 6.61 Å². The molecule has 2 atom stereocenters. The van der Waals surface area contributed by atoms with Crippen LogP contribution < -0.4 is 15.4 Å². The molecule has 1 aliphatic heterocycles. The maximum atomic E-state index is 12.0. The van der Waals surface area contributed by atoms with E-state index in [2.05, 4.69) is 17.2 Å². The van der Waals surface area contributed by atoms with Crippen molar-refractivity contribution < 1.29 is 14.3 Å². The number of para-hydroxylation sites is 1. The summed E-state index contributed by atoms with van der Waals surface area (Å²) < 4.78 is 5.38. The number of allylic oxidation sites excluding steroid dienone is 1. The molecular weight excluding hydrogens is 280 g/mol. The maximum Gasteiger partial charge on any atom is 0.258 e.